The average molecular weight is 160 g/mol. The largest absolute Gasteiger partial charge is 0.317 e. The van der Waals surface area contributed by atoms with Crippen molar-refractivity contribution in [2.75, 3.05) is 0 Å². The molecule has 0 radical (unpaired) electrons. The normalized spacial score (nSPS) is 31.6. The summed E-state index contributed by atoms with van der Waals surface area (Å²) in [5.74, 6) is 0.358. The van der Waals surface area contributed by atoms with Crippen LogP contribution in [-0.2, 0) is 14.5 Å². The minimum Gasteiger partial charge on any atom is -0.317 e. The third-order valence-corrected chi connectivity index (χ3v) is 1.61. The Kier molecular flexibility index (Phi) is 3.30. The van der Waals surface area contributed by atoms with Crippen molar-refractivity contribution in [3.63, 3.8) is 0 Å². The summed E-state index contributed by atoms with van der Waals surface area (Å²) < 4.78 is 5.42. The van der Waals surface area contributed by atoms with Crippen molar-refractivity contribution in [2.24, 2.45) is 5.92 Å². The van der Waals surface area contributed by atoms with Crippen LogP contribution in [0.3, 0.4) is 0 Å². The van der Waals surface area contributed by atoms with Crippen LogP contribution >= 0.6 is 0 Å². The molecular formula is C8H16O3. The predicted octanol–water partition coefficient (Wildman–Crippen LogP) is 2.07. The van der Waals surface area contributed by atoms with E-state index in [9.17, 15) is 0 Å². The fourth-order valence-corrected chi connectivity index (χ4v) is 0.932. The summed E-state index contributed by atoms with van der Waals surface area (Å²) in [7, 11) is 0. The molecule has 0 saturated carbocycles. The Bertz CT molecular complexity index is 114. The van der Waals surface area contributed by atoms with Crippen LogP contribution in [0.15, 0.2) is 0 Å². The SMILES string of the molecule is CCC[C@@H]1OO[C@H](C(C)C)O1. The maximum atomic E-state index is 5.42. The molecule has 1 rings (SSSR count). The Morgan fingerprint density at radius 2 is 2.00 bits per heavy atom. The van der Waals surface area contributed by atoms with E-state index < -0.39 is 0 Å². The number of rotatable bonds is 3. The predicted molar refractivity (Wildman–Crippen MR) is 40.6 cm³/mol. The van der Waals surface area contributed by atoms with Gasteiger partial charge in [0.25, 0.3) is 0 Å². The summed E-state index contributed by atoms with van der Waals surface area (Å²) in [6.45, 7) is 6.18. The minimum absolute atomic E-state index is 0.146. The van der Waals surface area contributed by atoms with Gasteiger partial charge in [-0.2, -0.15) is 0 Å². The van der Waals surface area contributed by atoms with Crippen molar-refractivity contribution in [1.82, 2.24) is 0 Å². The van der Waals surface area contributed by atoms with Gasteiger partial charge in [-0.3, -0.25) is 0 Å². The maximum absolute atomic E-state index is 5.42. The van der Waals surface area contributed by atoms with E-state index in [1.807, 2.05) is 13.8 Å². The van der Waals surface area contributed by atoms with Crippen molar-refractivity contribution in [3.05, 3.63) is 0 Å². The Morgan fingerprint density at radius 1 is 1.27 bits per heavy atom. The van der Waals surface area contributed by atoms with E-state index in [0.29, 0.717) is 5.92 Å². The number of hydrogen-bond acceptors (Lipinski definition) is 3. The zero-order valence-electron chi connectivity index (χ0n) is 7.37. The molecule has 3 nitrogen and oxygen atoms in total. The highest BCUT2D eigenvalue weighted by molar-refractivity contribution is 4.54. The topological polar surface area (TPSA) is 27.7 Å². The quantitative estimate of drug-likeness (QED) is 0.591. The lowest BCUT2D eigenvalue weighted by Gasteiger charge is -2.09. The molecule has 66 valence electrons. The van der Waals surface area contributed by atoms with E-state index in [0.717, 1.165) is 12.8 Å². The molecule has 1 aliphatic rings. The van der Waals surface area contributed by atoms with Crippen molar-refractivity contribution < 1.29 is 14.5 Å². The summed E-state index contributed by atoms with van der Waals surface area (Å²) in [5, 5.41) is 0. The molecule has 0 unspecified atom stereocenters. The van der Waals surface area contributed by atoms with Crippen LogP contribution < -0.4 is 0 Å². The maximum Gasteiger partial charge on any atom is 0.196 e. The van der Waals surface area contributed by atoms with Gasteiger partial charge < -0.3 is 4.74 Å². The van der Waals surface area contributed by atoms with E-state index in [1.54, 1.807) is 0 Å². The first kappa shape index (κ1) is 8.97. The highest BCUT2D eigenvalue weighted by atomic mass is 17.3. The second-order valence-corrected chi connectivity index (χ2v) is 3.16. The van der Waals surface area contributed by atoms with E-state index in [4.69, 9.17) is 14.5 Å². The van der Waals surface area contributed by atoms with Crippen LogP contribution in [-0.4, -0.2) is 12.6 Å². The van der Waals surface area contributed by atoms with Crippen LogP contribution in [0.5, 0.6) is 0 Å². The Labute approximate surface area is 67.6 Å². The average Bonchev–Trinajstić information content (AvgIpc) is 2.37. The number of ether oxygens (including phenoxy) is 1. The van der Waals surface area contributed by atoms with E-state index in [1.165, 1.54) is 0 Å². The molecule has 0 aromatic carbocycles. The zero-order chi connectivity index (χ0) is 8.27. The highest BCUT2D eigenvalue weighted by Gasteiger charge is 2.29. The van der Waals surface area contributed by atoms with Crippen molar-refractivity contribution in [2.45, 2.75) is 46.2 Å². The van der Waals surface area contributed by atoms with Crippen LogP contribution in [0.1, 0.15) is 33.6 Å². The first-order chi connectivity index (χ1) is 5.24. The van der Waals surface area contributed by atoms with Crippen molar-refractivity contribution in [1.29, 1.82) is 0 Å². The van der Waals surface area contributed by atoms with E-state index in [-0.39, 0.29) is 12.6 Å². The fraction of sp³-hybridized carbons (Fsp3) is 1.00. The van der Waals surface area contributed by atoms with E-state index in [2.05, 4.69) is 6.92 Å². The highest BCUT2D eigenvalue weighted by Crippen LogP contribution is 2.22. The van der Waals surface area contributed by atoms with Gasteiger partial charge in [0.05, 0.1) is 0 Å². The molecule has 3 heteroatoms. The first-order valence-electron chi connectivity index (χ1n) is 4.21. The second-order valence-electron chi connectivity index (χ2n) is 3.16. The molecule has 0 aliphatic carbocycles. The van der Waals surface area contributed by atoms with Gasteiger partial charge in [0.2, 0.25) is 0 Å². The first-order valence-corrected chi connectivity index (χ1v) is 4.21. The molecule has 1 saturated heterocycles. The summed E-state index contributed by atoms with van der Waals surface area (Å²) in [5.41, 5.74) is 0. The molecule has 0 aromatic rings. The second kappa shape index (κ2) is 4.04. The lowest BCUT2D eigenvalue weighted by Crippen LogP contribution is -2.17. The minimum atomic E-state index is -0.174. The van der Waals surface area contributed by atoms with Crippen LogP contribution in [0.25, 0.3) is 0 Å². The van der Waals surface area contributed by atoms with Crippen LogP contribution in [0, 0.1) is 5.92 Å². The molecule has 11 heavy (non-hydrogen) atoms. The molecule has 0 bridgehead atoms. The lowest BCUT2D eigenvalue weighted by atomic mass is 10.2. The molecular weight excluding hydrogens is 144 g/mol. The lowest BCUT2D eigenvalue weighted by molar-refractivity contribution is -0.302. The van der Waals surface area contributed by atoms with Crippen LogP contribution in [0.2, 0.25) is 0 Å². The van der Waals surface area contributed by atoms with E-state index >= 15 is 0 Å². The van der Waals surface area contributed by atoms with Crippen LogP contribution in [0.4, 0.5) is 0 Å². The van der Waals surface area contributed by atoms with Crippen molar-refractivity contribution >= 4 is 0 Å². The Morgan fingerprint density at radius 3 is 2.45 bits per heavy atom. The Hall–Kier alpha value is -0.120. The third kappa shape index (κ3) is 2.43. The molecule has 2 atom stereocenters. The van der Waals surface area contributed by atoms with Gasteiger partial charge in [-0.15, -0.1) is 0 Å². The molecule has 1 fully saturated rings. The standard InChI is InChI=1S/C8H16O3/c1-4-5-7-9-8(6(2)3)11-10-7/h6-8H,4-5H2,1-3H3/t7-,8+/m0/s1. The molecule has 1 aliphatic heterocycles. The zero-order valence-corrected chi connectivity index (χ0v) is 7.37. The monoisotopic (exact) mass is 160 g/mol. The van der Waals surface area contributed by atoms with Gasteiger partial charge in [-0.1, -0.05) is 27.2 Å². The van der Waals surface area contributed by atoms with Gasteiger partial charge in [-0.25, -0.2) is 9.78 Å². The smallest absolute Gasteiger partial charge is 0.196 e. The molecule has 0 aromatic heterocycles. The molecule has 0 spiro atoms. The third-order valence-electron chi connectivity index (χ3n) is 1.61. The summed E-state index contributed by atoms with van der Waals surface area (Å²) in [6, 6.07) is 0. The summed E-state index contributed by atoms with van der Waals surface area (Å²) in [6.07, 6.45) is 1.64. The van der Waals surface area contributed by atoms with Gasteiger partial charge in [0.15, 0.2) is 12.6 Å². The Balaban J connectivity index is 2.23. The molecule has 0 N–H and O–H groups in total. The van der Waals surface area contributed by atoms with Gasteiger partial charge >= 0.3 is 0 Å². The van der Waals surface area contributed by atoms with Gasteiger partial charge in [0.1, 0.15) is 0 Å². The van der Waals surface area contributed by atoms with Gasteiger partial charge in [-0.05, 0) is 0 Å². The van der Waals surface area contributed by atoms with Crippen molar-refractivity contribution in [3.8, 4) is 0 Å². The molecule has 0 amide bonds. The van der Waals surface area contributed by atoms with Gasteiger partial charge in [0, 0.05) is 12.3 Å². The number of hydrogen-bond donors (Lipinski definition) is 0. The summed E-state index contributed by atoms with van der Waals surface area (Å²) in [4.78, 5) is 9.90. The molecule has 1 heterocycles. The summed E-state index contributed by atoms with van der Waals surface area (Å²) >= 11 is 0. The fourth-order valence-electron chi connectivity index (χ4n) is 0.932.